The van der Waals surface area contributed by atoms with E-state index in [1.54, 1.807) is 4.90 Å². The Hall–Kier alpha value is -1.69. The number of carbonyl (C=O) groups is 2. The molecule has 1 aliphatic rings. The lowest BCUT2D eigenvalue weighted by atomic mass is 10.4. The van der Waals surface area contributed by atoms with E-state index in [1.807, 2.05) is 0 Å². The van der Waals surface area contributed by atoms with Crippen LogP contribution in [0.1, 0.15) is 6.92 Å². The molecular formula is C9H14N2O4. The molecule has 0 radical (unpaired) electrons. The van der Waals surface area contributed by atoms with Crippen molar-refractivity contribution in [3.05, 3.63) is 12.2 Å². The minimum Gasteiger partial charge on any atom is -0.478 e. The minimum absolute atomic E-state index is 0.0687. The van der Waals surface area contributed by atoms with Crippen molar-refractivity contribution in [2.45, 2.75) is 6.92 Å². The van der Waals surface area contributed by atoms with E-state index in [9.17, 15) is 9.59 Å². The average molecular weight is 214 g/mol. The van der Waals surface area contributed by atoms with Crippen molar-refractivity contribution in [3.63, 3.8) is 0 Å². The van der Waals surface area contributed by atoms with E-state index in [-0.39, 0.29) is 18.1 Å². The van der Waals surface area contributed by atoms with Gasteiger partial charge in [-0.3, -0.25) is 4.79 Å². The smallest absolute Gasteiger partial charge is 0.330 e. The number of hydrogen-bond donors (Lipinski definition) is 2. The molecule has 6 nitrogen and oxygen atoms in total. The van der Waals surface area contributed by atoms with Crippen LogP contribution in [0.3, 0.4) is 0 Å². The van der Waals surface area contributed by atoms with Gasteiger partial charge in [0.15, 0.2) is 0 Å². The van der Waals surface area contributed by atoms with Gasteiger partial charge in [-0.1, -0.05) is 6.58 Å². The first-order chi connectivity index (χ1) is 6.97. The van der Waals surface area contributed by atoms with Gasteiger partial charge in [-0.2, -0.15) is 0 Å². The number of rotatable bonds is 3. The maximum Gasteiger partial charge on any atom is 0.330 e. The number of carboxylic acids is 1. The average Bonchev–Trinajstić information content (AvgIpc) is 2.53. The Labute approximate surface area is 87.5 Å². The van der Waals surface area contributed by atoms with Gasteiger partial charge >= 0.3 is 5.97 Å². The second kappa shape index (κ2) is 6.72. The summed E-state index contributed by atoms with van der Waals surface area (Å²) in [6, 6.07) is 0. The summed E-state index contributed by atoms with van der Waals surface area (Å²) in [5, 5.41) is 16.3. The fourth-order valence-electron chi connectivity index (χ4n) is 0.667. The zero-order chi connectivity index (χ0) is 11.8. The normalized spacial score (nSPS) is 13.5. The molecule has 0 fully saturated rings. The highest BCUT2D eigenvalue weighted by molar-refractivity contribution is 5.91. The largest absolute Gasteiger partial charge is 0.478 e. The number of aliphatic hydroxyl groups excluding tert-OH is 1. The second-order valence-corrected chi connectivity index (χ2v) is 2.92. The van der Waals surface area contributed by atoms with Crippen molar-refractivity contribution in [3.8, 4) is 0 Å². The summed E-state index contributed by atoms with van der Waals surface area (Å²) in [4.78, 5) is 25.2. The van der Waals surface area contributed by atoms with Crippen LogP contribution in [0, 0.1) is 0 Å². The van der Waals surface area contributed by atoms with Crippen LogP contribution < -0.4 is 0 Å². The molecular weight excluding hydrogens is 200 g/mol. The number of β-amino-alcohol motifs (C(OH)–C–C–N with tert-alkyl or cyclic N) is 1. The van der Waals surface area contributed by atoms with Crippen molar-refractivity contribution < 1.29 is 19.8 Å². The summed E-state index contributed by atoms with van der Waals surface area (Å²) in [7, 11) is 0. The van der Waals surface area contributed by atoms with Gasteiger partial charge in [0.05, 0.1) is 12.9 Å². The molecule has 0 aromatic heterocycles. The number of amides is 1. The molecule has 2 N–H and O–H groups in total. The number of hydrogen-bond acceptors (Lipinski definition) is 4. The molecule has 0 atom stereocenters. The van der Waals surface area contributed by atoms with Crippen LogP contribution >= 0.6 is 0 Å². The van der Waals surface area contributed by atoms with Crippen molar-refractivity contribution >= 4 is 18.2 Å². The van der Waals surface area contributed by atoms with E-state index in [0.29, 0.717) is 13.1 Å². The Morgan fingerprint density at radius 3 is 2.53 bits per heavy atom. The van der Waals surface area contributed by atoms with Crippen LogP contribution in [-0.4, -0.2) is 53.0 Å². The van der Waals surface area contributed by atoms with Crippen molar-refractivity contribution in [1.82, 2.24) is 4.90 Å². The highest BCUT2D eigenvalue weighted by Crippen LogP contribution is 1.92. The quantitative estimate of drug-likeness (QED) is 0.618. The third-order valence-corrected chi connectivity index (χ3v) is 1.46. The van der Waals surface area contributed by atoms with Gasteiger partial charge in [0, 0.05) is 12.1 Å². The Morgan fingerprint density at radius 2 is 2.27 bits per heavy atom. The van der Waals surface area contributed by atoms with E-state index in [2.05, 4.69) is 11.6 Å². The zero-order valence-electron chi connectivity index (χ0n) is 8.51. The van der Waals surface area contributed by atoms with Crippen LogP contribution in [0.25, 0.3) is 0 Å². The van der Waals surface area contributed by atoms with Crippen molar-refractivity contribution in [2.24, 2.45) is 4.99 Å². The third kappa shape index (κ3) is 6.39. The van der Waals surface area contributed by atoms with Crippen molar-refractivity contribution in [2.75, 3.05) is 19.7 Å². The van der Waals surface area contributed by atoms with Crippen LogP contribution in [0.4, 0.5) is 0 Å². The lowest BCUT2D eigenvalue weighted by Gasteiger charge is -2.08. The SMILES string of the molecule is C=C(C)C(=O)O.O=C1CN(CCO)C=N1. The third-order valence-electron chi connectivity index (χ3n) is 1.46. The Morgan fingerprint density at radius 1 is 1.73 bits per heavy atom. The molecule has 15 heavy (non-hydrogen) atoms. The van der Waals surface area contributed by atoms with Crippen LogP contribution in [0.5, 0.6) is 0 Å². The molecule has 0 spiro atoms. The Bertz CT molecular complexity index is 274. The monoisotopic (exact) mass is 214 g/mol. The van der Waals surface area contributed by atoms with E-state index in [1.165, 1.54) is 13.3 Å². The molecule has 0 unspecified atom stereocenters. The summed E-state index contributed by atoms with van der Waals surface area (Å²) in [5.74, 6) is -1.07. The van der Waals surface area contributed by atoms with E-state index in [4.69, 9.17) is 10.2 Å². The number of nitrogens with zero attached hydrogens (tertiary/aromatic N) is 2. The molecule has 0 aromatic rings. The molecule has 0 saturated heterocycles. The molecule has 0 aromatic carbocycles. The molecule has 6 heteroatoms. The minimum atomic E-state index is -0.935. The van der Waals surface area contributed by atoms with Gasteiger partial charge in [0.1, 0.15) is 6.54 Å². The van der Waals surface area contributed by atoms with Gasteiger partial charge in [-0.15, -0.1) is 0 Å². The topological polar surface area (TPSA) is 90.2 Å². The Kier molecular flexibility index (Phi) is 5.96. The number of aliphatic carboxylic acids is 1. The molecule has 1 heterocycles. The summed E-state index contributed by atoms with van der Waals surface area (Å²) in [6.45, 7) is 5.49. The van der Waals surface area contributed by atoms with Crippen LogP contribution in [0.2, 0.25) is 0 Å². The first-order valence-electron chi connectivity index (χ1n) is 4.28. The van der Waals surface area contributed by atoms with E-state index < -0.39 is 5.97 Å². The summed E-state index contributed by atoms with van der Waals surface area (Å²) >= 11 is 0. The summed E-state index contributed by atoms with van der Waals surface area (Å²) in [5.41, 5.74) is 0.176. The predicted molar refractivity (Wildman–Crippen MR) is 54.6 cm³/mol. The van der Waals surface area contributed by atoms with Crippen molar-refractivity contribution in [1.29, 1.82) is 0 Å². The Balaban J connectivity index is 0.000000288. The molecule has 1 amide bonds. The van der Waals surface area contributed by atoms with Crippen LogP contribution in [-0.2, 0) is 9.59 Å². The number of aliphatic hydroxyl groups is 1. The second-order valence-electron chi connectivity index (χ2n) is 2.92. The van der Waals surface area contributed by atoms with E-state index in [0.717, 1.165) is 0 Å². The van der Waals surface area contributed by atoms with Gasteiger partial charge in [0.25, 0.3) is 5.91 Å². The highest BCUT2D eigenvalue weighted by atomic mass is 16.4. The molecule has 1 aliphatic heterocycles. The number of carbonyl (C=O) groups excluding carboxylic acids is 1. The first kappa shape index (κ1) is 13.3. The first-order valence-corrected chi connectivity index (χ1v) is 4.28. The summed E-state index contributed by atoms with van der Waals surface area (Å²) in [6.07, 6.45) is 1.46. The lowest BCUT2D eigenvalue weighted by Crippen LogP contribution is -2.24. The van der Waals surface area contributed by atoms with E-state index >= 15 is 0 Å². The fraction of sp³-hybridized carbons (Fsp3) is 0.444. The molecule has 1 rings (SSSR count). The van der Waals surface area contributed by atoms with Gasteiger partial charge in [-0.05, 0) is 6.92 Å². The van der Waals surface area contributed by atoms with Gasteiger partial charge < -0.3 is 15.1 Å². The molecule has 84 valence electrons. The summed E-state index contributed by atoms with van der Waals surface area (Å²) < 4.78 is 0. The van der Waals surface area contributed by atoms with Gasteiger partial charge in [-0.25, -0.2) is 9.79 Å². The highest BCUT2D eigenvalue weighted by Gasteiger charge is 2.11. The molecule has 0 bridgehead atoms. The molecule has 0 saturated carbocycles. The maximum atomic E-state index is 10.4. The number of carboxylic acid groups (broad SMARTS) is 1. The zero-order valence-corrected chi connectivity index (χ0v) is 8.51. The predicted octanol–water partition coefficient (Wildman–Crippen LogP) is -0.504. The van der Waals surface area contributed by atoms with Gasteiger partial charge in [0.2, 0.25) is 0 Å². The fourth-order valence-corrected chi connectivity index (χ4v) is 0.667. The standard InChI is InChI=1S/C5H8N2O2.C4H6O2/c8-2-1-7-3-5(9)6-4-7;1-3(2)4(5)6/h4,8H,1-3H2;1H2,2H3,(H,5,6). The van der Waals surface area contributed by atoms with Crippen LogP contribution in [0.15, 0.2) is 17.1 Å². The lowest BCUT2D eigenvalue weighted by molar-refractivity contribution is -0.132. The molecule has 0 aliphatic carbocycles. The maximum absolute atomic E-state index is 10.4. The number of aliphatic imine (C=N–C) groups is 1.